The molecule has 0 aliphatic heterocycles. The SMILES string of the molecule is Cc1ccccc1C(=O)c1cnc(Nc2cccc(F)c2)s1. The molecule has 0 saturated heterocycles. The van der Waals surface area contributed by atoms with Crippen LogP contribution in [0.25, 0.3) is 0 Å². The van der Waals surface area contributed by atoms with E-state index in [1.165, 1.54) is 23.5 Å². The second-order valence-electron chi connectivity index (χ2n) is 4.81. The number of anilines is 2. The summed E-state index contributed by atoms with van der Waals surface area (Å²) in [5, 5.41) is 3.56. The van der Waals surface area contributed by atoms with Gasteiger partial charge in [-0.3, -0.25) is 4.79 Å². The van der Waals surface area contributed by atoms with Crippen LogP contribution in [0.1, 0.15) is 20.8 Å². The molecule has 1 N–H and O–H groups in total. The van der Waals surface area contributed by atoms with E-state index >= 15 is 0 Å². The van der Waals surface area contributed by atoms with Crippen LogP contribution in [0.4, 0.5) is 15.2 Å². The van der Waals surface area contributed by atoms with E-state index in [0.717, 1.165) is 5.56 Å². The molecule has 0 fully saturated rings. The third kappa shape index (κ3) is 3.04. The third-order valence-electron chi connectivity index (χ3n) is 3.20. The Balaban J connectivity index is 1.82. The second kappa shape index (κ2) is 6.07. The number of aryl methyl sites for hydroxylation is 1. The molecular weight excluding hydrogens is 299 g/mol. The number of thiazole rings is 1. The van der Waals surface area contributed by atoms with E-state index in [0.29, 0.717) is 21.3 Å². The van der Waals surface area contributed by atoms with E-state index in [-0.39, 0.29) is 11.6 Å². The molecule has 0 spiro atoms. The van der Waals surface area contributed by atoms with Gasteiger partial charge in [0.2, 0.25) is 5.78 Å². The molecule has 5 heteroatoms. The molecule has 2 aromatic carbocycles. The topological polar surface area (TPSA) is 42.0 Å². The van der Waals surface area contributed by atoms with Gasteiger partial charge >= 0.3 is 0 Å². The van der Waals surface area contributed by atoms with Crippen LogP contribution in [-0.2, 0) is 0 Å². The number of carbonyl (C=O) groups excluding carboxylic acids is 1. The highest BCUT2D eigenvalue weighted by molar-refractivity contribution is 7.17. The summed E-state index contributed by atoms with van der Waals surface area (Å²) in [5.41, 5.74) is 2.20. The smallest absolute Gasteiger partial charge is 0.204 e. The molecule has 0 aliphatic carbocycles. The van der Waals surface area contributed by atoms with Crippen molar-refractivity contribution < 1.29 is 9.18 Å². The van der Waals surface area contributed by atoms with Crippen molar-refractivity contribution in [3.63, 3.8) is 0 Å². The number of nitrogens with zero attached hydrogens (tertiary/aromatic N) is 1. The summed E-state index contributed by atoms with van der Waals surface area (Å²) in [4.78, 5) is 17.2. The predicted octanol–water partition coefficient (Wildman–Crippen LogP) is 4.57. The molecule has 0 unspecified atom stereocenters. The highest BCUT2D eigenvalue weighted by Gasteiger charge is 2.14. The van der Waals surface area contributed by atoms with Gasteiger partial charge in [-0.25, -0.2) is 9.37 Å². The fourth-order valence-electron chi connectivity index (χ4n) is 2.09. The normalized spacial score (nSPS) is 10.5. The van der Waals surface area contributed by atoms with Gasteiger partial charge in [-0.05, 0) is 30.7 Å². The highest BCUT2D eigenvalue weighted by Crippen LogP contribution is 2.25. The largest absolute Gasteiger partial charge is 0.331 e. The zero-order valence-corrected chi connectivity index (χ0v) is 12.7. The summed E-state index contributed by atoms with van der Waals surface area (Å²) >= 11 is 1.25. The first-order valence-electron chi connectivity index (χ1n) is 6.72. The van der Waals surface area contributed by atoms with E-state index in [2.05, 4.69) is 10.3 Å². The van der Waals surface area contributed by atoms with Crippen molar-refractivity contribution in [2.75, 3.05) is 5.32 Å². The van der Waals surface area contributed by atoms with Gasteiger partial charge in [-0.1, -0.05) is 41.7 Å². The molecule has 0 bridgehead atoms. The molecule has 1 aromatic heterocycles. The first-order valence-corrected chi connectivity index (χ1v) is 7.54. The Labute approximate surface area is 131 Å². The first kappa shape index (κ1) is 14.4. The van der Waals surface area contributed by atoms with E-state index in [1.807, 2.05) is 25.1 Å². The fourth-order valence-corrected chi connectivity index (χ4v) is 2.88. The van der Waals surface area contributed by atoms with Crippen LogP contribution in [0.2, 0.25) is 0 Å². The Kier molecular flexibility index (Phi) is 3.98. The van der Waals surface area contributed by atoms with Crippen molar-refractivity contribution in [2.24, 2.45) is 0 Å². The Morgan fingerprint density at radius 3 is 2.77 bits per heavy atom. The second-order valence-corrected chi connectivity index (χ2v) is 5.84. The third-order valence-corrected chi connectivity index (χ3v) is 4.11. The Bertz CT molecular complexity index is 829. The summed E-state index contributed by atoms with van der Waals surface area (Å²) in [6, 6.07) is 13.6. The number of aromatic nitrogens is 1. The van der Waals surface area contributed by atoms with E-state index in [1.54, 1.807) is 24.4 Å². The molecule has 3 aromatic rings. The number of halogens is 1. The van der Waals surface area contributed by atoms with Crippen molar-refractivity contribution in [1.82, 2.24) is 4.98 Å². The summed E-state index contributed by atoms with van der Waals surface area (Å²) in [6.45, 7) is 1.90. The molecule has 0 aliphatic rings. The van der Waals surface area contributed by atoms with Gasteiger partial charge in [0.1, 0.15) is 5.82 Å². The lowest BCUT2D eigenvalue weighted by Gasteiger charge is -2.02. The molecule has 1 heterocycles. The summed E-state index contributed by atoms with van der Waals surface area (Å²) < 4.78 is 13.2. The number of hydrogen-bond donors (Lipinski definition) is 1. The lowest BCUT2D eigenvalue weighted by Crippen LogP contribution is -2.00. The summed E-state index contributed by atoms with van der Waals surface area (Å²) in [5.74, 6) is -0.374. The van der Waals surface area contributed by atoms with Crippen LogP contribution < -0.4 is 5.32 Å². The van der Waals surface area contributed by atoms with Crippen LogP contribution in [0.15, 0.2) is 54.7 Å². The molecule has 3 nitrogen and oxygen atoms in total. The summed E-state index contributed by atoms with van der Waals surface area (Å²) in [7, 11) is 0. The minimum atomic E-state index is -0.322. The molecule has 0 amide bonds. The van der Waals surface area contributed by atoms with Gasteiger partial charge in [0.05, 0.1) is 11.1 Å². The van der Waals surface area contributed by atoms with Crippen molar-refractivity contribution in [3.05, 3.63) is 76.5 Å². The van der Waals surface area contributed by atoms with Gasteiger partial charge in [0.25, 0.3) is 0 Å². The van der Waals surface area contributed by atoms with E-state index < -0.39 is 0 Å². The molecule has 0 radical (unpaired) electrons. The van der Waals surface area contributed by atoms with Crippen molar-refractivity contribution in [1.29, 1.82) is 0 Å². The molecule has 110 valence electrons. The standard InChI is InChI=1S/C17H13FN2OS/c1-11-5-2-3-8-14(11)16(21)15-10-19-17(22-15)20-13-7-4-6-12(18)9-13/h2-10H,1H3,(H,19,20). The molecular formula is C17H13FN2OS. The van der Waals surface area contributed by atoms with Gasteiger partial charge in [0, 0.05) is 11.3 Å². The summed E-state index contributed by atoms with van der Waals surface area (Å²) in [6.07, 6.45) is 1.54. The van der Waals surface area contributed by atoms with Gasteiger partial charge in [-0.15, -0.1) is 0 Å². The fraction of sp³-hybridized carbons (Fsp3) is 0.0588. The van der Waals surface area contributed by atoms with Crippen LogP contribution in [0.3, 0.4) is 0 Å². The van der Waals surface area contributed by atoms with Crippen LogP contribution in [-0.4, -0.2) is 10.8 Å². The number of carbonyl (C=O) groups is 1. The molecule has 0 atom stereocenters. The Morgan fingerprint density at radius 2 is 2.00 bits per heavy atom. The minimum Gasteiger partial charge on any atom is -0.331 e. The number of ketones is 1. The maximum absolute atomic E-state index is 13.2. The maximum atomic E-state index is 13.2. The quantitative estimate of drug-likeness (QED) is 0.718. The number of nitrogens with one attached hydrogen (secondary N) is 1. The Morgan fingerprint density at radius 1 is 1.18 bits per heavy atom. The number of hydrogen-bond acceptors (Lipinski definition) is 4. The van der Waals surface area contributed by atoms with Crippen LogP contribution in [0.5, 0.6) is 0 Å². The molecule has 3 rings (SSSR count). The van der Waals surface area contributed by atoms with Crippen molar-refractivity contribution >= 4 is 27.9 Å². The van der Waals surface area contributed by atoms with Crippen LogP contribution >= 0.6 is 11.3 Å². The van der Waals surface area contributed by atoms with Gasteiger partial charge in [0.15, 0.2) is 5.13 Å². The average molecular weight is 312 g/mol. The monoisotopic (exact) mass is 312 g/mol. The number of rotatable bonds is 4. The Hall–Kier alpha value is -2.53. The first-order chi connectivity index (χ1) is 10.6. The average Bonchev–Trinajstić information content (AvgIpc) is 2.95. The van der Waals surface area contributed by atoms with E-state index in [9.17, 15) is 9.18 Å². The maximum Gasteiger partial charge on any atom is 0.204 e. The van der Waals surface area contributed by atoms with E-state index in [4.69, 9.17) is 0 Å². The predicted molar refractivity (Wildman–Crippen MR) is 86.4 cm³/mol. The molecule has 22 heavy (non-hydrogen) atoms. The zero-order valence-electron chi connectivity index (χ0n) is 11.8. The lowest BCUT2D eigenvalue weighted by molar-refractivity contribution is 0.104. The highest BCUT2D eigenvalue weighted by atomic mass is 32.1. The van der Waals surface area contributed by atoms with Crippen LogP contribution in [0, 0.1) is 12.7 Å². The minimum absolute atomic E-state index is 0.0529. The zero-order chi connectivity index (χ0) is 15.5. The van der Waals surface area contributed by atoms with Gasteiger partial charge in [-0.2, -0.15) is 0 Å². The van der Waals surface area contributed by atoms with Gasteiger partial charge < -0.3 is 5.32 Å². The van der Waals surface area contributed by atoms with Crippen molar-refractivity contribution in [2.45, 2.75) is 6.92 Å². The lowest BCUT2D eigenvalue weighted by atomic mass is 10.0. The number of benzene rings is 2. The molecule has 0 saturated carbocycles. The van der Waals surface area contributed by atoms with Crippen molar-refractivity contribution in [3.8, 4) is 0 Å².